The molecule has 0 heterocycles. The van der Waals surface area contributed by atoms with Crippen molar-refractivity contribution in [2.75, 3.05) is 25.6 Å². The third-order valence-corrected chi connectivity index (χ3v) is 5.21. The first kappa shape index (κ1) is 20.7. The molecule has 3 aromatic carbocycles. The summed E-state index contributed by atoms with van der Waals surface area (Å²) in [5.41, 5.74) is 7.44. The van der Waals surface area contributed by atoms with Gasteiger partial charge in [0.1, 0.15) is 5.75 Å². The number of urea groups is 1. The summed E-state index contributed by atoms with van der Waals surface area (Å²) in [4.78, 5) is 17.1. The zero-order valence-corrected chi connectivity index (χ0v) is 17.6. The summed E-state index contributed by atoms with van der Waals surface area (Å²) >= 11 is 0. The molecule has 152 valence electrons. The van der Waals surface area contributed by atoms with Crippen LogP contribution in [-0.2, 0) is 6.54 Å². The fraction of sp³-hybridized carbons (Fsp3) is 0.292. The lowest BCUT2D eigenvalue weighted by Crippen LogP contribution is -2.56. The first-order chi connectivity index (χ1) is 13.9. The molecule has 0 aliphatic rings. The number of fused-ring (bicyclic) bond motifs is 1. The largest absolute Gasteiger partial charge is 0.497 e. The average Bonchev–Trinajstić information content (AvgIpc) is 2.74. The molecule has 0 unspecified atom stereocenters. The van der Waals surface area contributed by atoms with Crippen LogP contribution in [0.25, 0.3) is 10.8 Å². The molecule has 0 aliphatic carbocycles. The molecular formula is C24H29N3O2. The summed E-state index contributed by atoms with van der Waals surface area (Å²) in [7, 11) is 3.46. The fourth-order valence-electron chi connectivity index (χ4n) is 3.43. The summed E-state index contributed by atoms with van der Waals surface area (Å²) < 4.78 is 5.22. The summed E-state index contributed by atoms with van der Waals surface area (Å²) in [6, 6.07) is 21.8. The lowest BCUT2D eigenvalue weighted by atomic mass is 9.99. The zero-order chi connectivity index (χ0) is 21.0. The number of hydrogen-bond acceptors (Lipinski definition) is 3. The Morgan fingerprint density at radius 3 is 2.31 bits per heavy atom. The van der Waals surface area contributed by atoms with Crippen LogP contribution in [0.15, 0.2) is 66.7 Å². The van der Waals surface area contributed by atoms with Crippen molar-refractivity contribution >= 4 is 22.5 Å². The predicted molar refractivity (Wildman–Crippen MR) is 119 cm³/mol. The Morgan fingerprint density at radius 1 is 1.00 bits per heavy atom. The van der Waals surface area contributed by atoms with Crippen LogP contribution in [0.2, 0.25) is 0 Å². The van der Waals surface area contributed by atoms with Crippen LogP contribution in [-0.4, -0.2) is 37.2 Å². The highest BCUT2D eigenvalue weighted by molar-refractivity contribution is 6.04. The van der Waals surface area contributed by atoms with Crippen LogP contribution >= 0.6 is 0 Å². The van der Waals surface area contributed by atoms with E-state index in [0.717, 1.165) is 27.8 Å². The van der Waals surface area contributed by atoms with E-state index in [2.05, 4.69) is 12.1 Å². The number of rotatable bonds is 6. The molecule has 3 aromatic rings. The Morgan fingerprint density at radius 2 is 1.66 bits per heavy atom. The Labute approximate surface area is 172 Å². The highest BCUT2D eigenvalue weighted by atomic mass is 16.5. The third-order valence-electron chi connectivity index (χ3n) is 5.21. The second-order valence-corrected chi connectivity index (χ2v) is 7.84. The topological polar surface area (TPSA) is 58.8 Å². The number of nitrogens with zero attached hydrogens (tertiary/aromatic N) is 2. The number of carbonyl (C=O) groups excluding carboxylic acids is 1. The van der Waals surface area contributed by atoms with E-state index in [1.807, 2.05) is 80.4 Å². The van der Waals surface area contributed by atoms with Crippen molar-refractivity contribution in [3.05, 3.63) is 72.3 Å². The summed E-state index contributed by atoms with van der Waals surface area (Å²) in [5, 5.41) is 2.12. The second-order valence-electron chi connectivity index (χ2n) is 7.84. The maximum absolute atomic E-state index is 13.6. The van der Waals surface area contributed by atoms with Crippen LogP contribution in [0.3, 0.4) is 0 Å². The van der Waals surface area contributed by atoms with E-state index in [1.54, 1.807) is 12.0 Å². The van der Waals surface area contributed by atoms with Crippen molar-refractivity contribution in [2.45, 2.75) is 25.9 Å². The average molecular weight is 392 g/mol. The van der Waals surface area contributed by atoms with Gasteiger partial charge in [0.2, 0.25) is 0 Å². The molecule has 3 rings (SSSR count). The van der Waals surface area contributed by atoms with Crippen LogP contribution in [0, 0.1) is 0 Å². The molecule has 0 saturated carbocycles. The van der Waals surface area contributed by atoms with Crippen molar-refractivity contribution in [1.29, 1.82) is 0 Å². The smallest absolute Gasteiger partial charge is 0.325 e. The van der Waals surface area contributed by atoms with Gasteiger partial charge in [0.05, 0.1) is 18.3 Å². The number of methoxy groups -OCH3 is 1. The number of carbonyl (C=O) groups is 1. The first-order valence-corrected chi connectivity index (χ1v) is 9.73. The van der Waals surface area contributed by atoms with E-state index in [0.29, 0.717) is 13.1 Å². The zero-order valence-electron chi connectivity index (χ0n) is 17.6. The Bertz CT molecular complexity index is 978. The van der Waals surface area contributed by atoms with Gasteiger partial charge in [-0.05, 0) is 43.0 Å². The van der Waals surface area contributed by atoms with Crippen molar-refractivity contribution in [3.8, 4) is 5.75 Å². The quantitative estimate of drug-likeness (QED) is 0.666. The van der Waals surface area contributed by atoms with Gasteiger partial charge in [-0.15, -0.1) is 0 Å². The van der Waals surface area contributed by atoms with Gasteiger partial charge >= 0.3 is 6.03 Å². The Kier molecular flexibility index (Phi) is 6.09. The molecule has 0 atom stereocenters. The van der Waals surface area contributed by atoms with Gasteiger partial charge in [-0.1, -0.05) is 48.5 Å². The number of hydrogen-bond donors (Lipinski definition) is 1. The Balaban J connectivity index is 1.96. The Hall–Kier alpha value is -3.05. The van der Waals surface area contributed by atoms with Gasteiger partial charge in [0.25, 0.3) is 0 Å². The summed E-state index contributed by atoms with van der Waals surface area (Å²) in [6.07, 6.45) is 0. The highest BCUT2D eigenvalue weighted by Crippen LogP contribution is 2.32. The SMILES string of the molecule is COc1ccc(CN(C)C(=O)N(c2cccc3ccccc23)C(C)(C)CN)cc1. The van der Waals surface area contributed by atoms with Gasteiger partial charge < -0.3 is 15.4 Å². The van der Waals surface area contributed by atoms with E-state index < -0.39 is 5.54 Å². The monoisotopic (exact) mass is 391 g/mol. The van der Waals surface area contributed by atoms with E-state index in [1.165, 1.54) is 0 Å². The minimum atomic E-state index is -0.546. The lowest BCUT2D eigenvalue weighted by molar-refractivity contribution is 0.207. The van der Waals surface area contributed by atoms with Crippen LogP contribution in [0.5, 0.6) is 5.75 Å². The molecule has 2 N–H and O–H groups in total. The normalized spacial score (nSPS) is 11.3. The molecule has 0 bridgehead atoms. The van der Waals surface area contributed by atoms with Crippen molar-refractivity contribution in [1.82, 2.24) is 4.90 Å². The van der Waals surface area contributed by atoms with Gasteiger partial charge in [-0.2, -0.15) is 0 Å². The van der Waals surface area contributed by atoms with Crippen LogP contribution < -0.4 is 15.4 Å². The lowest BCUT2D eigenvalue weighted by Gasteiger charge is -2.40. The van der Waals surface area contributed by atoms with E-state index in [9.17, 15) is 4.79 Å². The minimum absolute atomic E-state index is 0.0902. The molecule has 5 nitrogen and oxygen atoms in total. The van der Waals surface area contributed by atoms with Crippen LogP contribution in [0.1, 0.15) is 19.4 Å². The molecular weight excluding hydrogens is 362 g/mol. The third kappa shape index (κ3) is 4.35. The first-order valence-electron chi connectivity index (χ1n) is 9.73. The van der Waals surface area contributed by atoms with E-state index in [4.69, 9.17) is 10.5 Å². The molecule has 0 fully saturated rings. The molecule has 0 saturated heterocycles. The van der Waals surface area contributed by atoms with Crippen molar-refractivity contribution in [2.24, 2.45) is 5.73 Å². The summed E-state index contributed by atoms with van der Waals surface area (Å²) in [5.74, 6) is 0.796. The van der Waals surface area contributed by atoms with Gasteiger partial charge in [-0.25, -0.2) is 4.79 Å². The van der Waals surface area contributed by atoms with Gasteiger partial charge in [0, 0.05) is 25.5 Å². The number of benzene rings is 3. The fourth-order valence-corrected chi connectivity index (χ4v) is 3.43. The van der Waals surface area contributed by atoms with Crippen LogP contribution in [0.4, 0.5) is 10.5 Å². The molecule has 2 amide bonds. The minimum Gasteiger partial charge on any atom is -0.497 e. The molecule has 5 heteroatoms. The van der Waals surface area contributed by atoms with Crippen molar-refractivity contribution in [3.63, 3.8) is 0 Å². The molecule has 0 radical (unpaired) electrons. The highest BCUT2D eigenvalue weighted by Gasteiger charge is 2.34. The van der Waals surface area contributed by atoms with Gasteiger partial charge in [0.15, 0.2) is 0 Å². The number of amides is 2. The number of nitrogens with two attached hydrogens (primary N) is 1. The number of anilines is 1. The standard InChI is InChI=1S/C24H29N3O2/c1-24(2,17-25)27(22-11-7-9-19-8-5-6-10-21(19)22)23(28)26(3)16-18-12-14-20(29-4)15-13-18/h5-15H,16-17,25H2,1-4H3. The maximum atomic E-state index is 13.6. The van der Waals surface area contributed by atoms with E-state index >= 15 is 0 Å². The molecule has 0 spiro atoms. The number of ether oxygens (including phenoxy) is 1. The van der Waals surface area contributed by atoms with E-state index in [-0.39, 0.29) is 6.03 Å². The summed E-state index contributed by atoms with van der Waals surface area (Å²) in [6.45, 7) is 4.82. The molecule has 0 aliphatic heterocycles. The molecule has 0 aromatic heterocycles. The second kappa shape index (κ2) is 8.53. The molecule has 29 heavy (non-hydrogen) atoms. The van der Waals surface area contributed by atoms with Crippen molar-refractivity contribution < 1.29 is 9.53 Å². The predicted octanol–water partition coefficient (Wildman–Crippen LogP) is 4.64. The van der Waals surface area contributed by atoms with Gasteiger partial charge in [-0.3, -0.25) is 4.90 Å². The maximum Gasteiger partial charge on any atom is 0.325 e.